The van der Waals surface area contributed by atoms with E-state index in [4.69, 9.17) is 9.84 Å². The van der Waals surface area contributed by atoms with Crippen molar-refractivity contribution in [1.82, 2.24) is 9.78 Å². The van der Waals surface area contributed by atoms with Gasteiger partial charge in [0, 0.05) is 16.7 Å². The minimum Gasteiger partial charge on any atom is -0.497 e. The molecule has 1 fully saturated rings. The summed E-state index contributed by atoms with van der Waals surface area (Å²) in [6.45, 7) is 7.02. The molecule has 2 aliphatic rings. The van der Waals surface area contributed by atoms with Crippen LogP contribution in [-0.4, -0.2) is 22.8 Å². The van der Waals surface area contributed by atoms with Crippen molar-refractivity contribution in [2.75, 3.05) is 12.4 Å². The van der Waals surface area contributed by atoms with Gasteiger partial charge in [-0.05, 0) is 60.6 Å². The second-order valence-corrected chi connectivity index (χ2v) is 9.19. The smallest absolute Gasteiger partial charge is 0.276 e. The first-order valence-corrected chi connectivity index (χ1v) is 10.5. The molecule has 2 aliphatic carbocycles. The average molecular weight is 402 g/mol. The molecule has 2 atom stereocenters. The van der Waals surface area contributed by atoms with Gasteiger partial charge in [0.2, 0.25) is 0 Å². The molecular formula is C25H27N3O2. The number of rotatable bonds is 4. The van der Waals surface area contributed by atoms with Crippen LogP contribution in [0.3, 0.4) is 0 Å². The zero-order valence-corrected chi connectivity index (χ0v) is 17.9. The summed E-state index contributed by atoms with van der Waals surface area (Å²) in [4.78, 5) is 13.3. The van der Waals surface area contributed by atoms with E-state index in [1.807, 2.05) is 47.1 Å². The summed E-state index contributed by atoms with van der Waals surface area (Å²) in [7, 11) is 1.63. The van der Waals surface area contributed by atoms with Gasteiger partial charge in [0.1, 0.15) is 5.75 Å². The second-order valence-electron chi connectivity index (χ2n) is 9.19. The van der Waals surface area contributed by atoms with Crippen molar-refractivity contribution in [2.45, 2.75) is 44.9 Å². The maximum Gasteiger partial charge on any atom is 0.276 e. The van der Waals surface area contributed by atoms with Crippen LogP contribution in [0.4, 0.5) is 5.69 Å². The first-order chi connectivity index (χ1) is 14.4. The largest absolute Gasteiger partial charge is 0.497 e. The van der Waals surface area contributed by atoms with Crippen molar-refractivity contribution < 1.29 is 9.53 Å². The van der Waals surface area contributed by atoms with Gasteiger partial charge in [0.25, 0.3) is 5.91 Å². The molecule has 3 aromatic rings. The number of nitrogens with zero attached hydrogens (tertiary/aromatic N) is 2. The lowest BCUT2D eigenvalue weighted by molar-refractivity contribution is 0.101. The van der Waals surface area contributed by atoms with Crippen molar-refractivity contribution >= 4 is 11.6 Å². The normalized spacial score (nSPS) is 23.3. The number of amides is 1. The highest BCUT2D eigenvalue weighted by molar-refractivity contribution is 6.04. The number of aromatic nitrogens is 2. The van der Waals surface area contributed by atoms with Crippen LogP contribution in [0.15, 0.2) is 54.6 Å². The molecule has 154 valence electrons. The molecule has 0 radical (unpaired) electrons. The summed E-state index contributed by atoms with van der Waals surface area (Å²) >= 11 is 0. The van der Waals surface area contributed by atoms with E-state index < -0.39 is 0 Å². The third-order valence-electron chi connectivity index (χ3n) is 7.58. The van der Waals surface area contributed by atoms with Crippen LogP contribution < -0.4 is 10.1 Å². The van der Waals surface area contributed by atoms with Crippen molar-refractivity contribution in [3.63, 3.8) is 0 Å². The fourth-order valence-electron chi connectivity index (χ4n) is 5.51. The van der Waals surface area contributed by atoms with Crippen molar-refractivity contribution in [1.29, 1.82) is 0 Å². The van der Waals surface area contributed by atoms with Crippen LogP contribution in [0, 0.1) is 5.41 Å². The molecular weight excluding hydrogens is 374 g/mol. The Labute approximate surface area is 177 Å². The molecule has 1 aromatic heterocycles. The third kappa shape index (κ3) is 2.47. The number of fused-ring (bicyclic) bond motifs is 5. The van der Waals surface area contributed by atoms with Gasteiger partial charge in [0.15, 0.2) is 5.69 Å². The topological polar surface area (TPSA) is 56.1 Å². The third-order valence-corrected chi connectivity index (χ3v) is 7.58. The number of carbonyl (C=O) groups excluding carboxylic acids is 1. The number of benzene rings is 2. The number of carbonyl (C=O) groups is 1. The molecule has 1 amide bonds. The molecule has 1 saturated carbocycles. The predicted molar refractivity (Wildman–Crippen MR) is 118 cm³/mol. The summed E-state index contributed by atoms with van der Waals surface area (Å²) in [5.74, 6) is 0.943. The highest BCUT2D eigenvalue weighted by atomic mass is 16.5. The van der Waals surface area contributed by atoms with E-state index in [1.165, 1.54) is 5.69 Å². The molecule has 5 nitrogen and oxygen atoms in total. The maximum atomic E-state index is 13.3. The number of hydrogen-bond acceptors (Lipinski definition) is 3. The Hall–Kier alpha value is -3.08. The van der Waals surface area contributed by atoms with Crippen molar-refractivity contribution in [3.05, 3.63) is 71.5 Å². The molecule has 1 heterocycles. The zero-order chi connectivity index (χ0) is 21.1. The number of nitrogens with one attached hydrogen (secondary N) is 1. The lowest BCUT2D eigenvalue weighted by Crippen LogP contribution is -2.33. The second kappa shape index (κ2) is 6.46. The van der Waals surface area contributed by atoms with Gasteiger partial charge in [-0.15, -0.1) is 0 Å². The number of methoxy groups -OCH3 is 1. The molecule has 1 N–H and O–H groups in total. The molecule has 0 spiro atoms. The lowest BCUT2D eigenvalue weighted by Gasteiger charge is -2.35. The van der Waals surface area contributed by atoms with Gasteiger partial charge >= 0.3 is 0 Å². The quantitative estimate of drug-likeness (QED) is 0.645. The van der Waals surface area contributed by atoms with E-state index in [-0.39, 0.29) is 16.7 Å². The fraction of sp³-hybridized carbons (Fsp3) is 0.360. The standard InChI is InChI=1S/C25H27N3O2/c1-24(2)19-14-15-25(24,3)22-20(19)21(27-28(22)17-8-6-5-7-9-17)23(29)26-16-10-12-18(30-4)13-11-16/h5-13,19H,14-15H2,1-4H3,(H,26,29). The molecule has 2 aromatic carbocycles. The molecule has 2 unspecified atom stereocenters. The van der Waals surface area contributed by atoms with Crippen molar-refractivity contribution in [2.24, 2.45) is 5.41 Å². The molecule has 0 aliphatic heterocycles. The molecule has 5 rings (SSSR count). The number of ether oxygens (including phenoxy) is 1. The lowest BCUT2D eigenvalue weighted by atomic mass is 9.70. The van der Waals surface area contributed by atoms with Crippen LogP contribution in [0.25, 0.3) is 5.69 Å². The van der Waals surface area contributed by atoms with E-state index in [2.05, 4.69) is 38.2 Å². The van der Waals surface area contributed by atoms with E-state index in [1.54, 1.807) is 7.11 Å². The molecule has 5 heteroatoms. The highest BCUT2D eigenvalue weighted by Crippen LogP contribution is 2.68. The Morgan fingerprint density at radius 1 is 1.10 bits per heavy atom. The Morgan fingerprint density at radius 3 is 2.47 bits per heavy atom. The van der Waals surface area contributed by atoms with Gasteiger partial charge in [0.05, 0.1) is 18.5 Å². The highest BCUT2D eigenvalue weighted by Gasteiger charge is 2.63. The van der Waals surface area contributed by atoms with Crippen LogP contribution in [0.1, 0.15) is 61.3 Å². The fourth-order valence-corrected chi connectivity index (χ4v) is 5.51. The summed E-state index contributed by atoms with van der Waals surface area (Å²) in [5.41, 5.74) is 4.70. The van der Waals surface area contributed by atoms with E-state index in [9.17, 15) is 4.79 Å². The predicted octanol–water partition coefficient (Wildman–Crippen LogP) is 5.31. The van der Waals surface area contributed by atoms with Crippen LogP contribution in [-0.2, 0) is 5.41 Å². The van der Waals surface area contributed by atoms with Gasteiger partial charge in [-0.3, -0.25) is 4.79 Å². The zero-order valence-electron chi connectivity index (χ0n) is 17.9. The Balaban J connectivity index is 1.61. The number of para-hydroxylation sites is 1. The van der Waals surface area contributed by atoms with E-state index >= 15 is 0 Å². The minimum atomic E-state index is -0.155. The summed E-state index contributed by atoms with van der Waals surface area (Å²) in [6.07, 6.45) is 2.22. The summed E-state index contributed by atoms with van der Waals surface area (Å²) in [5, 5.41) is 7.90. The van der Waals surface area contributed by atoms with Gasteiger partial charge < -0.3 is 10.1 Å². The monoisotopic (exact) mass is 401 g/mol. The van der Waals surface area contributed by atoms with Crippen LogP contribution >= 0.6 is 0 Å². The Bertz CT molecular complexity index is 1120. The first kappa shape index (κ1) is 18.9. The molecule has 2 bridgehead atoms. The summed E-state index contributed by atoms with van der Waals surface area (Å²) < 4.78 is 7.22. The van der Waals surface area contributed by atoms with Gasteiger partial charge in [-0.25, -0.2) is 4.68 Å². The van der Waals surface area contributed by atoms with Crippen LogP contribution in [0.2, 0.25) is 0 Å². The Morgan fingerprint density at radius 2 is 1.80 bits per heavy atom. The SMILES string of the molecule is COc1ccc(NC(=O)c2nn(-c3ccccc3)c3c2C2CCC3(C)C2(C)C)cc1. The maximum absolute atomic E-state index is 13.3. The molecule has 0 saturated heterocycles. The van der Waals surface area contributed by atoms with E-state index in [0.29, 0.717) is 11.6 Å². The minimum absolute atomic E-state index is 0.00547. The summed E-state index contributed by atoms with van der Waals surface area (Å²) in [6, 6.07) is 17.5. The van der Waals surface area contributed by atoms with Crippen LogP contribution in [0.5, 0.6) is 5.75 Å². The number of anilines is 1. The Kier molecular flexibility index (Phi) is 4.07. The van der Waals surface area contributed by atoms with Crippen molar-refractivity contribution in [3.8, 4) is 11.4 Å². The first-order valence-electron chi connectivity index (χ1n) is 10.5. The average Bonchev–Trinajstić information content (AvgIpc) is 3.31. The van der Waals surface area contributed by atoms with E-state index in [0.717, 1.165) is 35.5 Å². The number of hydrogen-bond donors (Lipinski definition) is 1. The van der Waals surface area contributed by atoms with Gasteiger partial charge in [-0.1, -0.05) is 39.0 Å². The molecule has 30 heavy (non-hydrogen) atoms. The van der Waals surface area contributed by atoms with Gasteiger partial charge in [-0.2, -0.15) is 5.10 Å².